The molecule has 5 heteroatoms. The van der Waals surface area contributed by atoms with Gasteiger partial charge in [-0.15, -0.1) is 0 Å². The van der Waals surface area contributed by atoms with Crippen molar-refractivity contribution in [2.45, 2.75) is 19.1 Å². The zero-order valence-corrected chi connectivity index (χ0v) is 15.0. The molecule has 1 aromatic heterocycles. The molecule has 0 unspecified atom stereocenters. The van der Waals surface area contributed by atoms with Crippen molar-refractivity contribution in [1.82, 2.24) is 4.57 Å². The number of oxazole rings is 1. The molecule has 1 aliphatic rings. The van der Waals surface area contributed by atoms with Gasteiger partial charge in [0.15, 0.2) is 11.7 Å². The number of aromatic nitrogens is 1. The third kappa shape index (κ3) is 2.63. The second-order valence-electron chi connectivity index (χ2n) is 6.78. The first-order chi connectivity index (χ1) is 13.7. The van der Waals surface area contributed by atoms with Crippen molar-refractivity contribution in [3.8, 4) is 11.1 Å². The highest BCUT2D eigenvalue weighted by Gasteiger charge is 2.30. The highest BCUT2D eigenvalue weighted by Crippen LogP contribution is 2.45. The first-order valence-electron chi connectivity index (χ1n) is 9.18. The fourth-order valence-electron chi connectivity index (χ4n) is 3.86. The summed E-state index contributed by atoms with van der Waals surface area (Å²) in [4.78, 5) is 24.7. The minimum Gasteiger partial charge on any atom is -0.452 e. The van der Waals surface area contributed by atoms with Gasteiger partial charge in [-0.2, -0.15) is 0 Å². The molecule has 0 aliphatic heterocycles. The number of rotatable bonds is 4. The van der Waals surface area contributed by atoms with E-state index in [4.69, 9.17) is 9.15 Å². The number of aryl methyl sites for hydroxylation is 1. The molecule has 138 valence electrons. The van der Waals surface area contributed by atoms with Crippen LogP contribution in [-0.4, -0.2) is 10.5 Å². The molecule has 0 bridgehead atoms. The maximum absolute atomic E-state index is 12.6. The van der Waals surface area contributed by atoms with Crippen molar-refractivity contribution in [3.05, 3.63) is 94.5 Å². The van der Waals surface area contributed by atoms with Crippen molar-refractivity contribution < 1.29 is 13.9 Å². The molecule has 0 atom stereocenters. The molecule has 4 aromatic rings. The number of hydrogen-bond donors (Lipinski definition) is 0. The summed E-state index contributed by atoms with van der Waals surface area (Å²) in [5.74, 6) is -0.820. The fraction of sp³-hybridized carbons (Fsp3) is 0.130. The van der Waals surface area contributed by atoms with Crippen LogP contribution < -0.4 is 5.76 Å². The fourth-order valence-corrected chi connectivity index (χ4v) is 3.86. The average Bonchev–Trinajstić information content (AvgIpc) is 3.21. The normalized spacial score (nSPS) is 12.7. The Morgan fingerprint density at radius 3 is 2.21 bits per heavy atom. The Labute approximate surface area is 160 Å². The van der Waals surface area contributed by atoms with E-state index in [1.54, 1.807) is 18.2 Å². The number of nitrogens with zero attached hydrogens (tertiary/aromatic N) is 1. The second-order valence-corrected chi connectivity index (χ2v) is 6.78. The van der Waals surface area contributed by atoms with Crippen LogP contribution >= 0.6 is 0 Å². The molecule has 0 amide bonds. The highest BCUT2D eigenvalue weighted by molar-refractivity contribution is 5.80. The number of ether oxygens (including phenoxy) is 1. The standard InChI is InChI=1S/C23H17NO4/c25-21(13-14-24-19-11-5-6-12-20(19)27-23(24)26)28-22-17-9-3-1-7-15(17)16-8-2-4-10-18(16)22/h1-12,22H,13-14H2. The zero-order valence-electron chi connectivity index (χ0n) is 15.0. The number of carbonyl (C=O) groups excluding carboxylic acids is 1. The monoisotopic (exact) mass is 371 g/mol. The zero-order chi connectivity index (χ0) is 19.1. The number of para-hydroxylation sites is 2. The summed E-state index contributed by atoms with van der Waals surface area (Å²) < 4.78 is 12.5. The van der Waals surface area contributed by atoms with Crippen molar-refractivity contribution in [3.63, 3.8) is 0 Å². The third-order valence-electron chi connectivity index (χ3n) is 5.14. The molecule has 0 saturated carbocycles. The molecule has 0 radical (unpaired) electrons. The quantitative estimate of drug-likeness (QED) is 0.502. The molecule has 28 heavy (non-hydrogen) atoms. The Morgan fingerprint density at radius 1 is 0.893 bits per heavy atom. The van der Waals surface area contributed by atoms with Gasteiger partial charge >= 0.3 is 11.7 Å². The van der Waals surface area contributed by atoms with Crippen molar-refractivity contribution in [2.24, 2.45) is 0 Å². The summed E-state index contributed by atoms with van der Waals surface area (Å²) in [5.41, 5.74) is 5.35. The Kier molecular flexibility index (Phi) is 3.86. The van der Waals surface area contributed by atoms with Crippen LogP contribution in [0.5, 0.6) is 0 Å². The lowest BCUT2D eigenvalue weighted by atomic mass is 10.1. The van der Waals surface area contributed by atoms with E-state index in [-0.39, 0.29) is 18.9 Å². The van der Waals surface area contributed by atoms with Crippen LogP contribution in [0, 0.1) is 0 Å². The maximum atomic E-state index is 12.6. The Bertz CT molecular complexity index is 1210. The average molecular weight is 371 g/mol. The molecule has 5 rings (SSSR count). The van der Waals surface area contributed by atoms with E-state index in [1.807, 2.05) is 54.6 Å². The van der Waals surface area contributed by atoms with Gasteiger partial charge in [0.05, 0.1) is 11.9 Å². The first-order valence-corrected chi connectivity index (χ1v) is 9.18. The van der Waals surface area contributed by atoms with Gasteiger partial charge in [0.2, 0.25) is 0 Å². The van der Waals surface area contributed by atoms with E-state index >= 15 is 0 Å². The van der Waals surface area contributed by atoms with Gasteiger partial charge in [-0.25, -0.2) is 4.79 Å². The number of carbonyl (C=O) groups is 1. The number of hydrogen-bond acceptors (Lipinski definition) is 4. The molecule has 0 N–H and O–H groups in total. The largest absolute Gasteiger partial charge is 0.452 e. The molecule has 0 saturated heterocycles. The lowest BCUT2D eigenvalue weighted by Crippen LogP contribution is -2.18. The predicted octanol–water partition coefficient (Wildman–Crippen LogP) is 4.30. The van der Waals surface area contributed by atoms with E-state index in [0.29, 0.717) is 11.1 Å². The van der Waals surface area contributed by atoms with E-state index in [2.05, 4.69) is 0 Å². The minimum atomic E-state index is -0.467. The van der Waals surface area contributed by atoms with Crippen LogP contribution in [0.1, 0.15) is 23.7 Å². The lowest BCUT2D eigenvalue weighted by molar-refractivity contribution is -0.147. The maximum Gasteiger partial charge on any atom is 0.419 e. The van der Waals surface area contributed by atoms with Gasteiger partial charge in [0, 0.05) is 17.7 Å². The molecule has 1 heterocycles. The summed E-state index contributed by atoms with van der Waals surface area (Å²) >= 11 is 0. The molecule has 5 nitrogen and oxygen atoms in total. The Hall–Kier alpha value is -3.60. The van der Waals surface area contributed by atoms with Crippen LogP contribution in [0.4, 0.5) is 0 Å². The van der Waals surface area contributed by atoms with Gasteiger partial charge in [-0.3, -0.25) is 9.36 Å². The second kappa shape index (κ2) is 6.53. The lowest BCUT2D eigenvalue weighted by Gasteiger charge is -2.15. The molecule has 0 spiro atoms. The Balaban J connectivity index is 1.38. The summed E-state index contributed by atoms with van der Waals surface area (Å²) in [7, 11) is 0. The van der Waals surface area contributed by atoms with Crippen molar-refractivity contribution in [1.29, 1.82) is 0 Å². The van der Waals surface area contributed by atoms with E-state index in [1.165, 1.54) is 4.57 Å². The summed E-state index contributed by atoms with van der Waals surface area (Å²) in [5, 5.41) is 0. The van der Waals surface area contributed by atoms with Crippen LogP contribution in [0.15, 0.2) is 82.0 Å². The third-order valence-corrected chi connectivity index (χ3v) is 5.14. The van der Waals surface area contributed by atoms with Gasteiger partial charge in [0.1, 0.15) is 0 Å². The molecular weight excluding hydrogens is 354 g/mol. The van der Waals surface area contributed by atoms with Gasteiger partial charge < -0.3 is 9.15 Å². The summed E-state index contributed by atoms with van der Waals surface area (Å²) in [6.07, 6.45) is -0.331. The number of esters is 1. The number of benzene rings is 3. The van der Waals surface area contributed by atoms with Gasteiger partial charge in [-0.1, -0.05) is 60.7 Å². The highest BCUT2D eigenvalue weighted by atomic mass is 16.5. The first kappa shape index (κ1) is 16.6. The van der Waals surface area contributed by atoms with Gasteiger partial charge in [0.25, 0.3) is 0 Å². The van der Waals surface area contributed by atoms with Crippen LogP contribution in [0.25, 0.3) is 22.2 Å². The Morgan fingerprint density at radius 2 is 1.50 bits per heavy atom. The summed E-state index contributed by atoms with van der Waals surface area (Å²) in [6, 6.07) is 23.1. The molecule has 1 aliphatic carbocycles. The molecular formula is C23H17NO4. The van der Waals surface area contributed by atoms with E-state index in [0.717, 1.165) is 22.3 Å². The van der Waals surface area contributed by atoms with Gasteiger partial charge in [-0.05, 0) is 23.3 Å². The number of fused-ring (bicyclic) bond motifs is 4. The predicted molar refractivity (Wildman–Crippen MR) is 105 cm³/mol. The molecule has 0 fully saturated rings. The molecule has 3 aromatic carbocycles. The van der Waals surface area contributed by atoms with Crippen LogP contribution in [0.3, 0.4) is 0 Å². The summed E-state index contributed by atoms with van der Waals surface area (Å²) in [6.45, 7) is 0.213. The topological polar surface area (TPSA) is 61.4 Å². The van der Waals surface area contributed by atoms with E-state index in [9.17, 15) is 9.59 Å². The smallest absolute Gasteiger partial charge is 0.419 e. The van der Waals surface area contributed by atoms with E-state index < -0.39 is 11.9 Å². The van der Waals surface area contributed by atoms with Crippen LogP contribution in [0.2, 0.25) is 0 Å². The SMILES string of the molecule is O=C(CCn1c(=O)oc2ccccc21)OC1c2ccccc2-c2ccccc21. The van der Waals surface area contributed by atoms with Crippen LogP contribution in [-0.2, 0) is 16.1 Å². The minimum absolute atomic E-state index is 0.0876. The van der Waals surface area contributed by atoms with Crippen molar-refractivity contribution in [2.75, 3.05) is 0 Å². The van der Waals surface area contributed by atoms with Crippen molar-refractivity contribution >= 4 is 17.1 Å².